The fourth-order valence-electron chi connectivity index (χ4n) is 2.35. The molecular weight excluding hydrogens is 316 g/mol. The summed E-state index contributed by atoms with van der Waals surface area (Å²) in [5.41, 5.74) is 1.15. The van der Waals surface area contributed by atoms with Crippen molar-refractivity contribution in [3.8, 4) is 5.75 Å². The Morgan fingerprint density at radius 1 is 1.20 bits per heavy atom. The van der Waals surface area contributed by atoms with Crippen LogP contribution in [-0.2, 0) is 4.79 Å². The van der Waals surface area contributed by atoms with Gasteiger partial charge in [0.2, 0.25) is 5.91 Å². The maximum absolute atomic E-state index is 11.6. The highest BCUT2D eigenvalue weighted by molar-refractivity contribution is 5.81. The Labute approximate surface area is 150 Å². The highest BCUT2D eigenvalue weighted by Crippen LogP contribution is 2.28. The summed E-state index contributed by atoms with van der Waals surface area (Å²) in [6.07, 6.45) is 2.92. The van der Waals surface area contributed by atoms with Gasteiger partial charge in [0.25, 0.3) is 0 Å². The van der Waals surface area contributed by atoms with Crippen LogP contribution in [-0.4, -0.2) is 44.7 Å². The van der Waals surface area contributed by atoms with Gasteiger partial charge in [0.1, 0.15) is 5.75 Å². The smallest absolute Gasteiger partial charge is 0.223 e. The zero-order valence-electron chi connectivity index (χ0n) is 15.3. The Morgan fingerprint density at radius 2 is 1.96 bits per heavy atom. The van der Waals surface area contributed by atoms with Gasteiger partial charge in [-0.3, -0.25) is 9.79 Å². The molecule has 2 rings (SSSR count). The number of aliphatic imine (C=N–C) groups is 1. The van der Waals surface area contributed by atoms with Crippen molar-refractivity contribution >= 4 is 11.9 Å². The molecule has 1 fully saturated rings. The first-order valence-electron chi connectivity index (χ1n) is 9.19. The van der Waals surface area contributed by atoms with Gasteiger partial charge >= 0.3 is 0 Å². The number of rotatable bonds is 10. The van der Waals surface area contributed by atoms with Gasteiger partial charge in [0.15, 0.2) is 5.96 Å². The number of amides is 1. The molecular formula is C19H30N4O2. The lowest BCUT2D eigenvalue weighted by molar-refractivity contribution is -0.122. The van der Waals surface area contributed by atoms with Gasteiger partial charge in [-0.15, -0.1) is 0 Å². The minimum absolute atomic E-state index is 0.178. The topological polar surface area (TPSA) is 74.8 Å². The molecule has 6 nitrogen and oxygen atoms in total. The van der Waals surface area contributed by atoms with Crippen LogP contribution in [0.4, 0.5) is 0 Å². The SMILES string of the molecule is CCNC(=NCCCOc1ccccc1C)NCCNC(=O)C1CC1. The van der Waals surface area contributed by atoms with E-state index < -0.39 is 0 Å². The number of ether oxygens (including phenoxy) is 1. The summed E-state index contributed by atoms with van der Waals surface area (Å²) >= 11 is 0. The van der Waals surface area contributed by atoms with E-state index in [4.69, 9.17) is 4.74 Å². The molecule has 0 radical (unpaired) electrons. The standard InChI is InChI=1S/C19H30N4O2/c1-3-20-19(23-13-12-21-18(24)16-9-10-16)22-11-6-14-25-17-8-5-4-7-15(17)2/h4-5,7-8,16H,3,6,9-14H2,1-2H3,(H,21,24)(H2,20,22,23). The number of nitrogens with zero attached hydrogens (tertiary/aromatic N) is 1. The highest BCUT2D eigenvalue weighted by Gasteiger charge is 2.28. The molecule has 25 heavy (non-hydrogen) atoms. The molecule has 1 aromatic rings. The maximum atomic E-state index is 11.6. The predicted molar refractivity (Wildman–Crippen MR) is 101 cm³/mol. The molecule has 0 aliphatic heterocycles. The number of hydrogen-bond donors (Lipinski definition) is 3. The van der Waals surface area contributed by atoms with E-state index in [-0.39, 0.29) is 11.8 Å². The van der Waals surface area contributed by atoms with Gasteiger partial charge in [0, 0.05) is 38.5 Å². The van der Waals surface area contributed by atoms with E-state index in [0.29, 0.717) is 26.2 Å². The average Bonchev–Trinajstić information content (AvgIpc) is 3.44. The van der Waals surface area contributed by atoms with Gasteiger partial charge < -0.3 is 20.7 Å². The summed E-state index contributed by atoms with van der Waals surface area (Å²) < 4.78 is 5.77. The third-order valence-corrected chi connectivity index (χ3v) is 3.93. The predicted octanol–water partition coefficient (Wildman–Crippen LogP) is 1.85. The molecule has 138 valence electrons. The Kier molecular flexibility index (Phi) is 8.09. The van der Waals surface area contributed by atoms with Crippen LogP contribution >= 0.6 is 0 Å². The number of para-hydroxylation sites is 1. The van der Waals surface area contributed by atoms with Crippen LogP contribution < -0.4 is 20.7 Å². The molecule has 0 spiro atoms. The summed E-state index contributed by atoms with van der Waals surface area (Å²) in [6.45, 7) is 7.51. The Bertz CT molecular complexity index is 570. The van der Waals surface area contributed by atoms with Crippen molar-refractivity contribution in [2.45, 2.75) is 33.1 Å². The molecule has 3 N–H and O–H groups in total. The van der Waals surface area contributed by atoms with Crippen molar-refractivity contribution < 1.29 is 9.53 Å². The summed E-state index contributed by atoms with van der Waals surface area (Å²) in [5, 5.41) is 9.38. The Morgan fingerprint density at radius 3 is 2.68 bits per heavy atom. The lowest BCUT2D eigenvalue weighted by atomic mass is 10.2. The van der Waals surface area contributed by atoms with Gasteiger partial charge in [-0.1, -0.05) is 18.2 Å². The highest BCUT2D eigenvalue weighted by atomic mass is 16.5. The molecule has 6 heteroatoms. The third kappa shape index (κ3) is 7.45. The summed E-state index contributed by atoms with van der Waals surface area (Å²) in [6, 6.07) is 8.02. The van der Waals surface area contributed by atoms with Crippen molar-refractivity contribution in [1.82, 2.24) is 16.0 Å². The molecule has 0 saturated heterocycles. The van der Waals surface area contributed by atoms with Crippen molar-refractivity contribution in [2.75, 3.05) is 32.8 Å². The zero-order chi connectivity index (χ0) is 17.9. The first-order valence-corrected chi connectivity index (χ1v) is 9.19. The second-order valence-electron chi connectivity index (χ2n) is 6.22. The second-order valence-corrected chi connectivity index (χ2v) is 6.22. The Balaban J connectivity index is 1.61. The molecule has 0 atom stereocenters. The second kappa shape index (κ2) is 10.6. The molecule has 1 amide bonds. The minimum Gasteiger partial charge on any atom is -0.493 e. The molecule has 0 unspecified atom stereocenters. The fraction of sp³-hybridized carbons (Fsp3) is 0.579. The van der Waals surface area contributed by atoms with Crippen LogP contribution in [0, 0.1) is 12.8 Å². The maximum Gasteiger partial charge on any atom is 0.223 e. The third-order valence-electron chi connectivity index (χ3n) is 3.93. The van der Waals surface area contributed by atoms with E-state index >= 15 is 0 Å². The number of guanidine groups is 1. The van der Waals surface area contributed by atoms with Gasteiger partial charge in [-0.25, -0.2) is 0 Å². The van der Waals surface area contributed by atoms with Gasteiger partial charge in [-0.2, -0.15) is 0 Å². The number of nitrogens with one attached hydrogen (secondary N) is 3. The van der Waals surface area contributed by atoms with Gasteiger partial charge in [-0.05, 0) is 38.3 Å². The van der Waals surface area contributed by atoms with E-state index in [0.717, 1.165) is 43.1 Å². The van der Waals surface area contributed by atoms with Crippen molar-refractivity contribution in [1.29, 1.82) is 0 Å². The van der Waals surface area contributed by atoms with Crippen LogP contribution in [0.3, 0.4) is 0 Å². The lowest BCUT2D eigenvalue weighted by Crippen LogP contribution is -2.41. The fourth-order valence-corrected chi connectivity index (χ4v) is 2.35. The first kappa shape index (κ1) is 19.1. The Hall–Kier alpha value is -2.24. The normalized spacial score (nSPS) is 14.1. The average molecular weight is 346 g/mol. The lowest BCUT2D eigenvalue weighted by Gasteiger charge is -2.12. The largest absolute Gasteiger partial charge is 0.493 e. The molecule has 0 heterocycles. The van der Waals surface area contributed by atoms with Crippen LogP contribution in [0.15, 0.2) is 29.3 Å². The monoisotopic (exact) mass is 346 g/mol. The minimum atomic E-state index is 0.178. The molecule has 0 bridgehead atoms. The zero-order valence-corrected chi connectivity index (χ0v) is 15.3. The number of benzene rings is 1. The van der Waals surface area contributed by atoms with Crippen LogP contribution in [0.1, 0.15) is 31.7 Å². The van der Waals surface area contributed by atoms with Gasteiger partial charge in [0.05, 0.1) is 6.61 Å². The van der Waals surface area contributed by atoms with Crippen molar-refractivity contribution in [2.24, 2.45) is 10.9 Å². The molecule has 1 aliphatic carbocycles. The molecule has 1 saturated carbocycles. The summed E-state index contributed by atoms with van der Waals surface area (Å²) in [4.78, 5) is 16.1. The van der Waals surface area contributed by atoms with E-state index in [2.05, 4.69) is 20.9 Å². The van der Waals surface area contributed by atoms with Crippen LogP contribution in [0.2, 0.25) is 0 Å². The number of carbonyl (C=O) groups is 1. The first-order chi connectivity index (χ1) is 12.2. The van der Waals surface area contributed by atoms with Crippen LogP contribution in [0.5, 0.6) is 5.75 Å². The van der Waals surface area contributed by atoms with E-state index in [1.165, 1.54) is 0 Å². The number of hydrogen-bond acceptors (Lipinski definition) is 3. The molecule has 0 aromatic heterocycles. The number of aryl methyl sites for hydroxylation is 1. The summed E-state index contributed by atoms with van der Waals surface area (Å²) in [7, 11) is 0. The van der Waals surface area contributed by atoms with Crippen LogP contribution in [0.25, 0.3) is 0 Å². The van der Waals surface area contributed by atoms with Crippen molar-refractivity contribution in [3.63, 3.8) is 0 Å². The van der Waals surface area contributed by atoms with E-state index in [1.54, 1.807) is 0 Å². The molecule has 1 aliphatic rings. The number of carbonyl (C=O) groups excluding carboxylic acids is 1. The molecule has 1 aromatic carbocycles. The van der Waals surface area contributed by atoms with E-state index in [9.17, 15) is 4.79 Å². The quantitative estimate of drug-likeness (QED) is 0.343. The summed E-state index contributed by atoms with van der Waals surface area (Å²) in [5.74, 6) is 2.15. The van der Waals surface area contributed by atoms with Crippen molar-refractivity contribution in [3.05, 3.63) is 29.8 Å². The van der Waals surface area contributed by atoms with E-state index in [1.807, 2.05) is 38.1 Å².